The molecule has 2 aromatic rings. The zero-order valence-electron chi connectivity index (χ0n) is 14.6. The van der Waals surface area contributed by atoms with Gasteiger partial charge in [0, 0.05) is 12.2 Å². The number of rotatable bonds is 8. The van der Waals surface area contributed by atoms with Crippen LogP contribution in [0.5, 0.6) is 0 Å². The van der Waals surface area contributed by atoms with Crippen LogP contribution >= 0.6 is 0 Å². The molecule has 0 radical (unpaired) electrons. The van der Waals surface area contributed by atoms with Crippen LogP contribution in [0, 0.1) is 6.92 Å². The van der Waals surface area contributed by atoms with Crippen LogP contribution in [0.1, 0.15) is 57.1 Å². The van der Waals surface area contributed by atoms with Crippen molar-refractivity contribution in [2.75, 3.05) is 17.2 Å². The molecule has 5 heteroatoms. The highest BCUT2D eigenvalue weighted by Gasteiger charge is 2.11. The second kappa shape index (κ2) is 8.46. The Balaban J connectivity index is 2.12. The monoisotopic (exact) mass is 313 g/mol. The third-order valence-electron chi connectivity index (χ3n) is 3.81. The molecule has 124 valence electrons. The number of aryl methyl sites for hydroxylation is 1. The van der Waals surface area contributed by atoms with Gasteiger partial charge in [-0.1, -0.05) is 51.8 Å². The first-order valence-corrected chi connectivity index (χ1v) is 8.42. The summed E-state index contributed by atoms with van der Waals surface area (Å²) in [4.78, 5) is 4.51. The van der Waals surface area contributed by atoms with Gasteiger partial charge in [0.25, 0.3) is 0 Å². The Morgan fingerprint density at radius 1 is 1.17 bits per heavy atom. The highest BCUT2D eigenvalue weighted by Crippen LogP contribution is 2.29. The molecule has 0 aliphatic rings. The number of nitrogens with one attached hydrogen (secondary N) is 2. The van der Waals surface area contributed by atoms with Gasteiger partial charge < -0.3 is 10.6 Å². The van der Waals surface area contributed by atoms with Crippen molar-refractivity contribution >= 4 is 17.5 Å². The van der Waals surface area contributed by atoms with E-state index >= 15 is 0 Å². The van der Waals surface area contributed by atoms with Crippen LogP contribution in [0.3, 0.4) is 0 Å². The molecule has 5 nitrogen and oxygen atoms in total. The van der Waals surface area contributed by atoms with E-state index < -0.39 is 0 Å². The minimum atomic E-state index is 0.431. The first-order chi connectivity index (χ1) is 11.1. The Morgan fingerprint density at radius 2 is 2.00 bits per heavy atom. The summed E-state index contributed by atoms with van der Waals surface area (Å²) in [5.74, 6) is 1.72. The summed E-state index contributed by atoms with van der Waals surface area (Å²) in [7, 11) is 0. The molecule has 1 aromatic carbocycles. The molecule has 1 heterocycles. The third kappa shape index (κ3) is 4.91. The van der Waals surface area contributed by atoms with E-state index in [0.717, 1.165) is 24.5 Å². The fourth-order valence-electron chi connectivity index (χ4n) is 2.49. The summed E-state index contributed by atoms with van der Waals surface area (Å²) in [6.45, 7) is 9.57. The lowest BCUT2D eigenvalue weighted by Crippen LogP contribution is -2.08. The van der Waals surface area contributed by atoms with Gasteiger partial charge in [-0.2, -0.15) is 10.1 Å². The van der Waals surface area contributed by atoms with Gasteiger partial charge in [0.15, 0.2) is 5.82 Å². The Morgan fingerprint density at radius 3 is 2.74 bits per heavy atom. The van der Waals surface area contributed by atoms with Gasteiger partial charge in [0.2, 0.25) is 5.95 Å². The number of aromatic nitrogens is 3. The molecule has 2 rings (SSSR count). The van der Waals surface area contributed by atoms with Gasteiger partial charge in [-0.25, -0.2) is 0 Å². The van der Waals surface area contributed by atoms with Crippen molar-refractivity contribution in [1.82, 2.24) is 15.2 Å². The molecule has 0 bridgehead atoms. The van der Waals surface area contributed by atoms with E-state index in [1.807, 2.05) is 0 Å². The molecule has 0 aliphatic heterocycles. The third-order valence-corrected chi connectivity index (χ3v) is 3.81. The number of nitrogens with zero attached hydrogens (tertiary/aromatic N) is 3. The van der Waals surface area contributed by atoms with Crippen LogP contribution in [0.4, 0.5) is 17.5 Å². The Labute approximate surface area is 139 Å². The highest BCUT2D eigenvalue weighted by molar-refractivity contribution is 5.64. The van der Waals surface area contributed by atoms with Crippen molar-refractivity contribution in [3.05, 3.63) is 35.5 Å². The minimum Gasteiger partial charge on any atom is -0.369 e. The first kappa shape index (κ1) is 17.2. The SMILES string of the molecule is CCCCCNc1cnnc(Nc2c(C)cccc2C(C)C)n1. The number of benzene rings is 1. The average Bonchev–Trinajstić information content (AvgIpc) is 2.54. The van der Waals surface area contributed by atoms with Crippen LogP contribution in [0.2, 0.25) is 0 Å². The van der Waals surface area contributed by atoms with Crippen molar-refractivity contribution in [2.45, 2.75) is 52.9 Å². The predicted molar refractivity (Wildman–Crippen MR) is 96.4 cm³/mol. The smallest absolute Gasteiger partial charge is 0.249 e. The summed E-state index contributed by atoms with van der Waals surface area (Å²) in [5.41, 5.74) is 3.52. The maximum absolute atomic E-state index is 4.51. The Bertz CT molecular complexity index is 625. The largest absolute Gasteiger partial charge is 0.369 e. The molecule has 0 fully saturated rings. The van der Waals surface area contributed by atoms with Crippen LogP contribution in [0.25, 0.3) is 0 Å². The van der Waals surface area contributed by atoms with Crippen molar-refractivity contribution in [1.29, 1.82) is 0 Å². The van der Waals surface area contributed by atoms with Crippen molar-refractivity contribution in [3.63, 3.8) is 0 Å². The summed E-state index contributed by atoms with van der Waals surface area (Å²) in [6.07, 6.45) is 5.23. The molecule has 0 saturated heterocycles. The molecule has 1 aromatic heterocycles. The number of hydrogen-bond donors (Lipinski definition) is 2. The van der Waals surface area contributed by atoms with Crippen LogP contribution < -0.4 is 10.6 Å². The van der Waals surface area contributed by atoms with Gasteiger partial charge in [0.05, 0.1) is 6.20 Å². The molecular weight excluding hydrogens is 286 g/mol. The van der Waals surface area contributed by atoms with Crippen molar-refractivity contribution in [3.8, 4) is 0 Å². The summed E-state index contributed by atoms with van der Waals surface area (Å²) in [5, 5.41) is 14.8. The minimum absolute atomic E-state index is 0.431. The molecule has 2 N–H and O–H groups in total. The van der Waals surface area contributed by atoms with E-state index in [4.69, 9.17) is 0 Å². The standard InChI is InChI=1S/C18H27N5/c1-5-6-7-11-19-16-12-20-23-18(21-16)22-17-14(4)9-8-10-15(17)13(2)3/h8-10,12-13H,5-7,11H2,1-4H3,(H2,19,21,22,23). The quantitative estimate of drug-likeness (QED) is 0.695. The number of unbranched alkanes of at least 4 members (excludes halogenated alkanes) is 2. The van der Waals surface area contributed by atoms with Gasteiger partial charge in [-0.05, 0) is 30.4 Å². The molecule has 0 unspecified atom stereocenters. The van der Waals surface area contributed by atoms with E-state index in [-0.39, 0.29) is 0 Å². The maximum atomic E-state index is 4.51. The number of hydrogen-bond acceptors (Lipinski definition) is 5. The van der Waals surface area contributed by atoms with E-state index in [1.54, 1.807) is 6.20 Å². The summed E-state index contributed by atoms with van der Waals surface area (Å²) >= 11 is 0. The second-order valence-corrected chi connectivity index (χ2v) is 6.12. The van der Waals surface area contributed by atoms with Gasteiger partial charge >= 0.3 is 0 Å². The van der Waals surface area contributed by atoms with Crippen LogP contribution in [0.15, 0.2) is 24.4 Å². The predicted octanol–water partition coefficient (Wildman–Crippen LogP) is 4.65. The molecule has 0 atom stereocenters. The highest BCUT2D eigenvalue weighted by atomic mass is 15.3. The molecule has 0 amide bonds. The Hall–Kier alpha value is -2.17. The van der Waals surface area contributed by atoms with Crippen LogP contribution in [-0.4, -0.2) is 21.7 Å². The van der Waals surface area contributed by atoms with E-state index in [9.17, 15) is 0 Å². The first-order valence-electron chi connectivity index (χ1n) is 8.42. The second-order valence-electron chi connectivity index (χ2n) is 6.12. The molecule has 23 heavy (non-hydrogen) atoms. The maximum Gasteiger partial charge on any atom is 0.249 e. The lowest BCUT2D eigenvalue weighted by molar-refractivity contribution is 0.741. The summed E-state index contributed by atoms with van der Waals surface area (Å²) in [6, 6.07) is 6.31. The van der Waals surface area contributed by atoms with Gasteiger partial charge in [-0.3, -0.25) is 0 Å². The molecule has 0 spiro atoms. The number of anilines is 3. The van der Waals surface area contributed by atoms with Crippen LogP contribution in [-0.2, 0) is 0 Å². The topological polar surface area (TPSA) is 62.7 Å². The van der Waals surface area contributed by atoms with E-state index in [0.29, 0.717) is 11.9 Å². The Kier molecular flexibility index (Phi) is 6.32. The van der Waals surface area contributed by atoms with Gasteiger partial charge in [0.1, 0.15) is 0 Å². The molecular formula is C18H27N5. The normalized spacial score (nSPS) is 10.8. The molecule has 0 saturated carbocycles. The zero-order chi connectivity index (χ0) is 16.7. The summed E-state index contributed by atoms with van der Waals surface area (Å²) < 4.78 is 0. The lowest BCUT2D eigenvalue weighted by Gasteiger charge is -2.16. The van der Waals surface area contributed by atoms with E-state index in [2.05, 4.69) is 71.7 Å². The molecule has 0 aliphatic carbocycles. The fourth-order valence-corrected chi connectivity index (χ4v) is 2.49. The zero-order valence-corrected chi connectivity index (χ0v) is 14.6. The van der Waals surface area contributed by atoms with Gasteiger partial charge in [-0.15, -0.1) is 5.10 Å². The van der Waals surface area contributed by atoms with Crippen molar-refractivity contribution < 1.29 is 0 Å². The average molecular weight is 313 g/mol. The fraction of sp³-hybridized carbons (Fsp3) is 0.500. The number of para-hydroxylation sites is 1. The lowest BCUT2D eigenvalue weighted by atomic mass is 9.98. The van der Waals surface area contributed by atoms with Crippen molar-refractivity contribution in [2.24, 2.45) is 0 Å². The van der Waals surface area contributed by atoms with E-state index in [1.165, 1.54) is 24.0 Å².